The number of aromatic amines is 1. The minimum Gasteiger partial charge on any atom is -0.452 e. The van der Waals surface area contributed by atoms with E-state index in [1.807, 2.05) is 31.2 Å². The second kappa shape index (κ2) is 5.46. The molecule has 21 heavy (non-hydrogen) atoms. The molecule has 2 heterocycles. The SMILES string of the molecule is Cc1ccccc1-c1cc(NC(=O)c2ccoc2Cl)n[nH]1. The Labute approximate surface area is 125 Å². The van der Waals surface area contributed by atoms with Crippen molar-refractivity contribution < 1.29 is 9.21 Å². The maximum atomic E-state index is 12.0. The van der Waals surface area contributed by atoms with Crippen molar-refractivity contribution in [3.63, 3.8) is 0 Å². The fourth-order valence-electron chi connectivity index (χ4n) is 2.04. The molecule has 2 N–H and O–H groups in total. The monoisotopic (exact) mass is 301 g/mol. The number of H-pyrrole nitrogens is 1. The van der Waals surface area contributed by atoms with E-state index in [0.29, 0.717) is 5.82 Å². The largest absolute Gasteiger partial charge is 0.452 e. The van der Waals surface area contributed by atoms with Crippen molar-refractivity contribution in [2.45, 2.75) is 6.92 Å². The minimum atomic E-state index is -0.364. The van der Waals surface area contributed by atoms with Gasteiger partial charge in [0.2, 0.25) is 5.22 Å². The third-order valence-electron chi connectivity index (χ3n) is 3.12. The number of nitrogens with zero attached hydrogens (tertiary/aromatic N) is 1. The summed E-state index contributed by atoms with van der Waals surface area (Å²) in [4.78, 5) is 12.0. The van der Waals surface area contributed by atoms with E-state index in [0.717, 1.165) is 16.8 Å². The summed E-state index contributed by atoms with van der Waals surface area (Å²) in [6.07, 6.45) is 1.36. The lowest BCUT2D eigenvalue weighted by Crippen LogP contribution is -2.11. The first-order valence-corrected chi connectivity index (χ1v) is 6.68. The first-order chi connectivity index (χ1) is 10.1. The molecule has 0 aliphatic carbocycles. The number of carbonyl (C=O) groups is 1. The van der Waals surface area contributed by atoms with Crippen LogP contribution in [-0.4, -0.2) is 16.1 Å². The normalized spacial score (nSPS) is 10.6. The highest BCUT2D eigenvalue weighted by atomic mass is 35.5. The summed E-state index contributed by atoms with van der Waals surface area (Å²) < 4.78 is 4.89. The average Bonchev–Trinajstić information content (AvgIpc) is 3.08. The molecule has 0 aliphatic heterocycles. The van der Waals surface area contributed by atoms with Crippen molar-refractivity contribution in [1.82, 2.24) is 10.2 Å². The lowest BCUT2D eigenvalue weighted by molar-refractivity contribution is 0.102. The van der Waals surface area contributed by atoms with Crippen molar-refractivity contribution in [2.75, 3.05) is 5.32 Å². The van der Waals surface area contributed by atoms with Crippen LogP contribution in [0.5, 0.6) is 0 Å². The molecule has 0 unspecified atom stereocenters. The summed E-state index contributed by atoms with van der Waals surface area (Å²) in [7, 11) is 0. The molecule has 0 aliphatic rings. The zero-order chi connectivity index (χ0) is 14.8. The van der Waals surface area contributed by atoms with Gasteiger partial charge >= 0.3 is 0 Å². The number of nitrogens with one attached hydrogen (secondary N) is 2. The third kappa shape index (κ3) is 2.68. The van der Waals surface area contributed by atoms with Crippen LogP contribution in [0.15, 0.2) is 47.1 Å². The van der Waals surface area contributed by atoms with Crippen molar-refractivity contribution >= 4 is 23.3 Å². The topological polar surface area (TPSA) is 70.9 Å². The number of carbonyl (C=O) groups excluding carboxylic acids is 1. The predicted molar refractivity (Wildman–Crippen MR) is 80.4 cm³/mol. The van der Waals surface area contributed by atoms with Gasteiger partial charge in [0.15, 0.2) is 5.82 Å². The fraction of sp³-hybridized carbons (Fsp3) is 0.0667. The molecular weight excluding hydrogens is 290 g/mol. The molecule has 5 nitrogen and oxygen atoms in total. The van der Waals surface area contributed by atoms with E-state index in [4.69, 9.17) is 16.0 Å². The Kier molecular flexibility index (Phi) is 3.50. The summed E-state index contributed by atoms with van der Waals surface area (Å²) in [6.45, 7) is 2.01. The van der Waals surface area contributed by atoms with Crippen LogP contribution in [0.1, 0.15) is 15.9 Å². The van der Waals surface area contributed by atoms with Crippen LogP contribution in [0.2, 0.25) is 5.22 Å². The molecule has 0 saturated heterocycles. The lowest BCUT2D eigenvalue weighted by Gasteiger charge is -2.01. The van der Waals surface area contributed by atoms with Crippen LogP contribution < -0.4 is 5.32 Å². The number of halogens is 1. The van der Waals surface area contributed by atoms with Gasteiger partial charge in [-0.3, -0.25) is 9.89 Å². The number of furan rings is 1. The van der Waals surface area contributed by atoms with Gasteiger partial charge < -0.3 is 9.73 Å². The quantitative estimate of drug-likeness (QED) is 0.771. The second-order valence-corrected chi connectivity index (χ2v) is 4.89. The number of hydrogen-bond acceptors (Lipinski definition) is 3. The maximum Gasteiger partial charge on any atom is 0.261 e. The second-order valence-electron chi connectivity index (χ2n) is 4.54. The Bertz CT molecular complexity index is 792. The maximum absolute atomic E-state index is 12.0. The molecule has 0 fully saturated rings. The van der Waals surface area contributed by atoms with Gasteiger partial charge in [0, 0.05) is 11.6 Å². The highest BCUT2D eigenvalue weighted by Gasteiger charge is 2.15. The van der Waals surface area contributed by atoms with Crippen LogP contribution in [0.4, 0.5) is 5.82 Å². The summed E-state index contributed by atoms with van der Waals surface area (Å²) in [5.41, 5.74) is 3.27. The van der Waals surface area contributed by atoms with Gasteiger partial charge in [-0.15, -0.1) is 0 Å². The van der Waals surface area contributed by atoms with Crippen molar-refractivity contribution in [1.29, 1.82) is 0 Å². The molecule has 3 rings (SSSR count). The Hall–Kier alpha value is -2.53. The number of rotatable bonds is 3. The minimum absolute atomic E-state index is 0.0576. The molecule has 1 aromatic carbocycles. The van der Waals surface area contributed by atoms with E-state index in [1.54, 1.807) is 6.07 Å². The predicted octanol–water partition coefficient (Wildman–Crippen LogP) is 3.88. The smallest absolute Gasteiger partial charge is 0.261 e. The van der Waals surface area contributed by atoms with Crippen LogP contribution >= 0.6 is 11.6 Å². The molecule has 0 saturated carbocycles. The van der Waals surface area contributed by atoms with Gasteiger partial charge in [0.05, 0.1) is 17.5 Å². The third-order valence-corrected chi connectivity index (χ3v) is 3.41. The van der Waals surface area contributed by atoms with E-state index in [1.165, 1.54) is 12.3 Å². The van der Waals surface area contributed by atoms with Gasteiger partial charge in [-0.1, -0.05) is 24.3 Å². The number of benzene rings is 1. The van der Waals surface area contributed by atoms with E-state index in [9.17, 15) is 4.79 Å². The Morgan fingerprint density at radius 3 is 2.86 bits per heavy atom. The van der Waals surface area contributed by atoms with E-state index >= 15 is 0 Å². The summed E-state index contributed by atoms with van der Waals surface area (Å²) >= 11 is 5.77. The average molecular weight is 302 g/mol. The Morgan fingerprint density at radius 1 is 1.33 bits per heavy atom. The van der Waals surface area contributed by atoms with E-state index in [-0.39, 0.29) is 16.7 Å². The lowest BCUT2D eigenvalue weighted by atomic mass is 10.1. The zero-order valence-electron chi connectivity index (χ0n) is 11.2. The standard InChI is InChI=1S/C15H12ClN3O2/c1-9-4-2-3-5-10(9)12-8-13(19-18-12)17-15(20)11-6-7-21-14(11)16/h2-8H,1H3,(H2,17,18,19,20). The van der Waals surface area contributed by atoms with Gasteiger partial charge in [0.25, 0.3) is 5.91 Å². The number of hydrogen-bond donors (Lipinski definition) is 2. The van der Waals surface area contributed by atoms with Gasteiger partial charge in [-0.25, -0.2) is 0 Å². The molecular formula is C15H12ClN3O2. The van der Waals surface area contributed by atoms with Crippen LogP contribution in [0, 0.1) is 6.92 Å². The van der Waals surface area contributed by atoms with Crippen LogP contribution in [0.25, 0.3) is 11.3 Å². The number of anilines is 1. The van der Waals surface area contributed by atoms with Crippen molar-refractivity contribution in [3.8, 4) is 11.3 Å². The highest BCUT2D eigenvalue weighted by Crippen LogP contribution is 2.24. The van der Waals surface area contributed by atoms with Crippen molar-refractivity contribution in [2.24, 2.45) is 0 Å². The van der Waals surface area contributed by atoms with E-state index < -0.39 is 0 Å². The molecule has 0 spiro atoms. The van der Waals surface area contributed by atoms with Crippen LogP contribution in [0.3, 0.4) is 0 Å². The van der Waals surface area contributed by atoms with Crippen LogP contribution in [-0.2, 0) is 0 Å². The van der Waals surface area contributed by atoms with Crippen molar-refractivity contribution in [3.05, 3.63) is 59.0 Å². The van der Waals surface area contributed by atoms with Gasteiger partial charge in [-0.2, -0.15) is 5.10 Å². The summed E-state index contributed by atoms with van der Waals surface area (Å²) in [5, 5.41) is 9.72. The first-order valence-electron chi connectivity index (χ1n) is 6.31. The van der Waals surface area contributed by atoms with Gasteiger partial charge in [-0.05, 0) is 30.2 Å². The molecule has 0 atom stereocenters. The molecule has 0 radical (unpaired) electrons. The molecule has 106 valence electrons. The molecule has 1 amide bonds. The molecule has 2 aromatic heterocycles. The number of aromatic nitrogens is 2. The van der Waals surface area contributed by atoms with E-state index in [2.05, 4.69) is 15.5 Å². The number of aryl methyl sites for hydroxylation is 1. The zero-order valence-corrected chi connectivity index (χ0v) is 11.9. The Morgan fingerprint density at radius 2 is 2.14 bits per heavy atom. The molecule has 6 heteroatoms. The Balaban J connectivity index is 1.82. The first kappa shape index (κ1) is 13.5. The summed E-state index contributed by atoms with van der Waals surface area (Å²) in [6, 6.07) is 11.2. The number of amides is 1. The summed E-state index contributed by atoms with van der Waals surface area (Å²) in [5.74, 6) is 0.0621. The molecule has 0 bridgehead atoms. The fourth-order valence-corrected chi connectivity index (χ4v) is 2.24. The molecule has 3 aromatic rings. The van der Waals surface area contributed by atoms with Gasteiger partial charge in [0.1, 0.15) is 0 Å². The highest BCUT2D eigenvalue weighted by molar-refractivity contribution is 6.32.